The van der Waals surface area contributed by atoms with Crippen molar-refractivity contribution in [1.82, 2.24) is 5.32 Å². The predicted molar refractivity (Wildman–Crippen MR) is 119 cm³/mol. The molecule has 2 aliphatic rings. The Morgan fingerprint density at radius 3 is 2.29 bits per heavy atom. The molecule has 166 valence electrons. The molecule has 0 unspecified atom stereocenters. The van der Waals surface area contributed by atoms with Crippen molar-refractivity contribution < 1.29 is 17.6 Å². The Morgan fingerprint density at radius 1 is 1.06 bits per heavy atom. The summed E-state index contributed by atoms with van der Waals surface area (Å²) in [5.74, 6) is 0.118. The Morgan fingerprint density at radius 2 is 1.71 bits per heavy atom. The lowest BCUT2D eigenvalue weighted by Crippen LogP contribution is -2.43. The molecule has 0 bridgehead atoms. The molecule has 0 spiro atoms. The molecule has 2 aliphatic carbocycles. The van der Waals surface area contributed by atoms with Gasteiger partial charge in [-0.15, -0.1) is 0 Å². The molecular formula is C23H26ClFN2O3S. The minimum absolute atomic E-state index is 0.0707. The van der Waals surface area contributed by atoms with Gasteiger partial charge in [-0.3, -0.25) is 9.52 Å². The number of hydrogen-bond donors (Lipinski definition) is 2. The van der Waals surface area contributed by atoms with Crippen LogP contribution in [0.5, 0.6) is 0 Å². The van der Waals surface area contributed by atoms with Crippen molar-refractivity contribution in [3.8, 4) is 0 Å². The lowest BCUT2D eigenvalue weighted by molar-refractivity contribution is -0.124. The van der Waals surface area contributed by atoms with Gasteiger partial charge in [-0.25, -0.2) is 12.8 Å². The van der Waals surface area contributed by atoms with E-state index in [2.05, 4.69) is 17.0 Å². The summed E-state index contributed by atoms with van der Waals surface area (Å²) in [7, 11) is -3.91. The fourth-order valence-corrected chi connectivity index (χ4v) is 5.54. The zero-order valence-corrected chi connectivity index (χ0v) is 18.9. The quantitative estimate of drug-likeness (QED) is 0.631. The molecule has 4 rings (SSSR count). The number of hydrogen-bond acceptors (Lipinski definition) is 3. The fraction of sp³-hybridized carbons (Fsp3) is 0.435. The number of halogens is 2. The first-order valence-electron chi connectivity index (χ1n) is 10.6. The molecule has 2 saturated carbocycles. The summed E-state index contributed by atoms with van der Waals surface area (Å²) in [4.78, 5) is 12.8. The van der Waals surface area contributed by atoms with E-state index >= 15 is 0 Å². The predicted octanol–water partition coefficient (Wildman–Crippen LogP) is 5.01. The summed E-state index contributed by atoms with van der Waals surface area (Å²) in [5, 5.41) is 2.97. The van der Waals surface area contributed by atoms with Crippen LogP contribution in [0, 0.1) is 11.7 Å². The first kappa shape index (κ1) is 22.1. The highest BCUT2D eigenvalue weighted by atomic mass is 35.5. The lowest BCUT2D eigenvalue weighted by atomic mass is 9.86. The maximum atomic E-state index is 13.3. The average molecular weight is 465 g/mol. The van der Waals surface area contributed by atoms with E-state index < -0.39 is 21.3 Å². The van der Waals surface area contributed by atoms with Gasteiger partial charge in [0.2, 0.25) is 5.91 Å². The minimum Gasteiger partial charge on any atom is -0.353 e. The van der Waals surface area contributed by atoms with E-state index in [1.807, 2.05) is 0 Å². The van der Waals surface area contributed by atoms with Gasteiger partial charge in [0.05, 0.1) is 15.3 Å². The van der Waals surface area contributed by atoms with Crippen LogP contribution in [-0.4, -0.2) is 20.4 Å². The Hall–Kier alpha value is -2.12. The Balaban J connectivity index is 1.44. The van der Waals surface area contributed by atoms with Crippen molar-refractivity contribution in [2.75, 3.05) is 4.72 Å². The Kier molecular flexibility index (Phi) is 6.01. The van der Waals surface area contributed by atoms with E-state index in [1.165, 1.54) is 0 Å². The van der Waals surface area contributed by atoms with Crippen LogP contribution in [-0.2, 0) is 20.2 Å². The Labute approximate surface area is 187 Å². The summed E-state index contributed by atoms with van der Waals surface area (Å²) < 4.78 is 40.9. The van der Waals surface area contributed by atoms with Gasteiger partial charge in [-0.2, -0.15) is 0 Å². The van der Waals surface area contributed by atoms with Crippen molar-refractivity contribution in [1.29, 1.82) is 0 Å². The van der Waals surface area contributed by atoms with Gasteiger partial charge in [0.25, 0.3) is 10.0 Å². The minimum atomic E-state index is -3.91. The molecule has 5 nitrogen and oxygen atoms in total. The van der Waals surface area contributed by atoms with Crippen LogP contribution in [0.25, 0.3) is 0 Å². The third-order valence-corrected chi connectivity index (χ3v) is 8.10. The lowest BCUT2D eigenvalue weighted by Gasteiger charge is -2.28. The van der Waals surface area contributed by atoms with Crippen LogP contribution >= 0.6 is 11.6 Å². The van der Waals surface area contributed by atoms with Crippen LogP contribution in [0.15, 0.2) is 47.4 Å². The van der Waals surface area contributed by atoms with E-state index in [1.54, 1.807) is 24.3 Å². The molecule has 2 aromatic carbocycles. The third-order valence-electron chi connectivity index (χ3n) is 6.43. The van der Waals surface area contributed by atoms with E-state index in [0.717, 1.165) is 68.2 Å². The number of amides is 1. The summed E-state index contributed by atoms with van der Waals surface area (Å²) >= 11 is 5.70. The van der Waals surface area contributed by atoms with Gasteiger partial charge in [-0.05, 0) is 80.3 Å². The smallest absolute Gasteiger partial charge is 0.261 e. The SMILES string of the molecule is CC1CCC(NC(=O)C2(c3ccc(NS(=O)(=O)c4ccc(F)c(Cl)c4)cc3)CC2)CC1. The Bertz CT molecular complexity index is 1080. The van der Waals surface area contributed by atoms with Crippen LogP contribution in [0.3, 0.4) is 0 Å². The second-order valence-electron chi connectivity index (χ2n) is 8.77. The van der Waals surface area contributed by atoms with Gasteiger partial charge in [-0.1, -0.05) is 30.7 Å². The molecule has 0 atom stereocenters. The van der Waals surface area contributed by atoms with E-state index in [9.17, 15) is 17.6 Å². The molecule has 2 aromatic rings. The maximum absolute atomic E-state index is 13.3. The van der Waals surface area contributed by atoms with Crippen LogP contribution in [0.4, 0.5) is 10.1 Å². The molecule has 2 N–H and O–H groups in total. The van der Waals surface area contributed by atoms with Gasteiger partial charge in [0, 0.05) is 11.7 Å². The molecular weight excluding hydrogens is 439 g/mol. The van der Waals surface area contributed by atoms with E-state index in [-0.39, 0.29) is 21.9 Å². The molecule has 0 heterocycles. The number of nitrogens with one attached hydrogen (secondary N) is 2. The number of benzene rings is 2. The molecule has 0 aromatic heterocycles. The highest BCUT2D eigenvalue weighted by Gasteiger charge is 2.51. The first-order chi connectivity index (χ1) is 14.7. The molecule has 0 aliphatic heterocycles. The monoisotopic (exact) mass is 464 g/mol. The largest absolute Gasteiger partial charge is 0.353 e. The first-order valence-corrected chi connectivity index (χ1v) is 12.5. The summed E-state index contributed by atoms with van der Waals surface area (Å²) in [6.07, 6.45) is 5.93. The second-order valence-corrected chi connectivity index (χ2v) is 10.9. The van der Waals surface area contributed by atoms with E-state index in [4.69, 9.17) is 11.6 Å². The number of anilines is 1. The summed E-state index contributed by atoms with van der Waals surface area (Å²) in [6, 6.07) is 10.4. The van der Waals surface area contributed by atoms with Crippen molar-refractivity contribution in [2.24, 2.45) is 5.92 Å². The molecule has 0 radical (unpaired) electrons. The number of carbonyl (C=O) groups excluding carboxylic acids is 1. The standard InChI is InChI=1S/C23H26ClFN2O3S/c1-15-2-6-17(7-3-15)26-22(28)23(12-13-23)16-4-8-18(9-5-16)27-31(29,30)19-10-11-21(25)20(24)14-19/h4-5,8-11,14-15,17,27H,2-3,6-7,12-13H2,1H3,(H,26,28). The zero-order valence-electron chi connectivity index (χ0n) is 17.3. The van der Waals surface area contributed by atoms with Crippen molar-refractivity contribution >= 4 is 33.2 Å². The zero-order chi connectivity index (χ0) is 22.2. The molecule has 1 amide bonds. The van der Waals surface area contributed by atoms with Gasteiger partial charge >= 0.3 is 0 Å². The summed E-state index contributed by atoms with van der Waals surface area (Å²) in [5.41, 5.74) is 0.744. The van der Waals surface area contributed by atoms with E-state index in [0.29, 0.717) is 5.69 Å². The van der Waals surface area contributed by atoms with Crippen LogP contribution < -0.4 is 10.0 Å². The third kappa shape index (κ3) is 4.72. The van der Waals surface area contributed by atoms with Crippen LogP contribution in [0.1, 0.15) is 51.0 Å². The van der Waals surface area contributed by atoms with Crippen molar-refractivity contribution in [3.05, 3.63) is 58.9 Å². The maximum Gasteiger partial charge on any atom is 0.261 e. The average Bonchev–Trinajstić information content (AvgIpc) is 3.54. The second kappa shape index (κ2) is 8.43. The van der Waals surface area contributed by atoms with Gasteiger partial charge in [0.1, 0.15) is 5.82 Å². The molecule has 0 saturated heterocycles. The highest BCUT2D eigenvalue weighted by Crippen LogP contribution is 2.49. The number of rotatable bonds is 6. The summed E-state index contributed by atoms with van der Waals surface area (Å²) in [6.45, 7) is 2.25. The number of carbonyl (C=O) groups is 1. The molecule has 2 fully saturated rings. The van der Waals surface area contributed by atoms with Crippen LogP contribution in [0.2, 0.25) is 5.02 Å². The normalized spacial score (nSPS) is 22.5. The number of sulfonamides is 1. The highest BCUT2D eigenvalue weighted by molar-refractivity contribution is 7.92. The molecule has 8 heteroatoms. The van der Waals surface area contributed by atoms with Gasteiger partial charge in [0.15, 0.2) is 0 Å². The van der Waals surface area contributed by atoms with Crippen molar-refractivity contribution in [2.45, 2.75) is 61.8 Å². The fourth-order valence-electron chi connectivity index (χ4n) is 4.22. The van der Waals surface area contributed by atoms with Gasteiger partial charge < -0.3 is 5.32 Å². The molecule has 31 heavy (non-hydrogen) atoms. The topological polar surface area (TPSA) is 75.3 Å². The van der Waals surface area contributed by atoms with Crippen molar-refractivity contribution in [3.63, 3.8) is 0 Å².